The first-order chi connectivity index (χ1) is 13.0. The van der Waals surface area contributed by atoms with Crippen molar-refractivity contribution in [2.75, 3.05) is 27.2 Å². The molecule has 2 aromatic rings. The third-order valence-corrected chi connectivity index (χ3v) is 5.13. The Hall–Kier alpha value is -2.69. The Kier molecular flexibility index (Phi) is 5.89. The van der Waals surface area contributed by atoms with E-state index in [1.54, 1.807) is 19.0 Å². The van der Waals surface area contributed by atoms with Crippen molar-refractivity contribution in [3.8, 4) is 0 Å². The summed E-state index contributed by atoms with van der Waals surface area (Å²) in [6.45, 7) is 3.37. The first kappa shape index (κ1) is 19.1. The third-order valence-electron chi connectivity index (χ3n) is 5.13. The van der Waals surface area contributed by atoms with Gasteiger partial charge in [-0.05, 0) is 37.5 Å². The van der Waals surface area contributed by atoms with E-state index in [4.69, 9.17) is 0 Å². The Bertz CT molecular complexity index is 810. The summed E-state index contributed by atoms with van der Waals surface area (Å²) in [6.07, 6.45) is 2.12. The molecule has 142 valence electrons. The number of hydrogen-bond acceptors (Lipinski definition) is 3. The van der Waals surface area contributed by atoms with Crippen molar-refractivity contribution in [3.05, 3.63) is 65.0 Å². The number of piperidine rings is 1. The summed E-state index contributed by atoms with van der Waals surface area (Å²) in [6, 6.07) is 13.6. The van der Waals surface area contributed by atoms with E-state index in [1.165, 1.54) is 0 Å². The number of aromatic nitrogens is 1. The monoisotopic (exact) mass is 365 g/mol. The highest BCUT2D eigenvalue weighted by Gasteiger charge is 2.28. The number of pyridine rings is 1. The number of likely N-dealkylation sites (tertiary alicyclic amines) is 1. The van der Waals surface area contributed by atoms with Crippen molar-refractivity contribution < 1.29 is 9.59 Å². The van der Waals surface area contributed by atoms with E-state index in [1.807, 2.05) is 54.3 Å². The van der Waals surface area contributed by atoms with E-state index < -0.39 is 0 Å². The van der Waals surface area contributed by atoms with E-state index in [2.05, 4.69) is 4.98 Å². The van der Waals surface area contributed by atoms with Crippen molar-refractivity contribution in [1.29, 1.82) is 0 Å². The molecule has 1 aromatic carbocycles. The Morgan fingerprint density at radius 3 is 2.37 bits per heavy atom. The zero-order valence-corrected chi connectivity index (χ0v) is 16.3. The minimum Gasteiger partial charge on any atom is -0.345 e. The summed E-state index contributed by atoms with van der Waals surface area (Å²) in [5.41, 5.74) is 3.52. The van der Waals surface area contributed by atoms with E-state index in [9.17, 15) is 9.59 Å². The maximum atomic E-state index is 12.6. The molecule has 0 aliphatic carbocycles. The summed E-state index contributed by atoms with van der Waals surface area (Å²) in [5.74, 6) is 0.367. The molecule has 2 amide bonds. The van der Waals surface area contributed by atoms with Crippen molar-refractivity contribution in [1.82, 2.24) is 14.8 Å². The van der Waals surface area contributed by atoms with Gasteiger partial charge in [-0.2, -0.15) is 0 Å². The van der Waals surface area contributed by atoms with Crippen LogP contribution >= 0.6 is 0 Å². The van der Waals surface area contributed by atoms with Gasteiger partial charge in [0, 0.05) is 38.8 Å². The van der Waals surface area contributed by atoms with Crippen LogP contribution in [0.2, 0.25) is 0 Å². The van der Waals surface area contributed by atoms with Gasteiger partial charge in [0.1, 0.15) is 0 Å². The summed E-state index contributed by atoms with van der Waals surface area (Å²) >= 11 is 0. The van der Waals surface area contributed by atoms with Gasteiger partial charge < -0.3 is 9.80 Å². The van der Waals surface area contributed by atoms with Gasteiger partial charge in [-0.15, -0.1) is 0 Å². The normalized spacial score (nSPS) is 14.9. The molecule has 0 spiro atoms. The zero-order chi connectivity index (χ0) is 19.4. The number of aryl methyl sites for hydroxylation is 1. The second-order valence-electron chi connectivity index (χ2n) is 7.40. The van der Waals surface area contributed by atoms with Gasteiger partial charge in [-0.3, -0.25) is 14.6 Å². The molecule has 27 heavy (non-hydrogen) atoms. The number of carbonyl (C=O) groups excluding carboxylic acids is 2. The molecule has 0 N–H and O–H groups in total. The Labute approximate surface area is 161 Å². The lowest BCUT2D eigenvalue weighted by molar-refractivity contribution is -0.131. The van der Waals surface area contributed by atoms with Crippen LogP contribution < -0.4 is 0 Å². The number of benzene rings is 1. The number of hydrogen-bond donors (Lipinski definition) is 0. The van der Waals surface area contributed by atoms with Gasteiger partial charge in [-0.25, -0.2) is 0 Å². The summed E-state index contributed by atoms with van der Waals surface area (Å²) in [5, 5.41) is 0. The quantitative estimate of drug-likeness (QED) is 0.837. The van der Waals surface area contributed by atoms with Crippen molar-refractivity contribution in [3.63, 3.8) is 0 Å². The molecule has 1 aliphatic heterocycles. The van der Waals surface area contributed by atoms with Crippen LogP contribution in [0.1, 0.15) is 46.1 Å². The van der Waals surface area contributed by atoms with Crippen LogP contribution in [-0.2, 0) is 11.2 Å². The molecule has 0 unspecified atom stereocenters. The third kappa shape index (κ3) is 4.54. The average molecular weight is 365 g/mol. The van der Waals surface area contributed by atoms with E-state index >= 15 is 0 Å². The summed E-state index contributed by atoms with van der Waals surface area (Å²) in [7, 11) is 3.52. The van der Waals surface area contributed by atoms with Crippen molar-refractivity contribution in [2.24, 2.45) is 0 Å². The fraction of sp³-hybridized carbons (Fsp3) is 0.409. The topological polar surface area (TPSA) is 53.5 Å². The van der Waals surface area contributed by atoms with Crippen LogP contribution in [0, 0.1) is 6.92 Å². The lowest BCUT2D eigenvalue weighted by Gasteiger charge is -2.32. The first-order valence-corrected chi connectivity index (χ1v) is 9.46. The van der Waals surface area contributed by atoms with Crippen LogP contribution in [0.5, 0.6) is 0 Å². The maximum Gasteiger partial charge on any atom is 0.255 e. The lowest BCUT2D eigenvalue weighted by atomic mass is 9.89. The van der Waals surface area contributed by atoms with Crippen LogP contribution in [0.4, 0.5) is 0 Å². The molecule has 3 rings (SSSR count). The van der Waals surface area contributed by atoms with Gasteiger partial charge >= 0.3 is 0 Å². The van der Waals surface area contributed by atoms with Crippen LogP contribution in [-0.4, -0.2) is 53.8 Å². The molecule has 1 aromatic heterocycles. The zero-order valence-electron chi connectivity index (χ0n) is 16.3. The predicted molar refractivity (Wildman–Crippen MR) is 106 cm³/mol. The SMILES string of the molecule is Cc1ccc(C(=O)N(C)C)c(C2CCN(C(=O)Cc3ccccc3)CC2)n1. The average Bonchev–Trinajstić information content (AvgIpc) is 2.68. The van der Waals surface area contributed by atoms with E-state index in [0.29, 0.717) is 25.1 Å². The molecule has 1 saturated heterocycles. The molecule has 0 bridgehead atoms. The Morgan fingerprint density at radius 2 is 1.74 bits per heavy atom. The van der Waals surface area contributed by atoms with Gasteiger partial charge in [-0.1, -0.05) is 30.3 Å². The van der Waals surface area contributed by atoms with Gasteiger partial charge in [0.2, 0.25) is 5.91 Å². The number of rotatable bonds is 4. The van der Waals surface area contributed by atoms with Crippen LogP contribution in [0.25, 0.3) is 0 Å². The molecule has 1 aliphatic rings. The van der Waals surface area contributed by atoms with Crippen LogP contribution in [0.3, 0.4) is 0 Å². The highest BCUT2D eigenvalue weighted by atomic mass is 16.2. The lowest BCUT2D eigenvalue weighted by Crippen LogP contribution is -2.39. The van der Waals surface area contributed by atoms with Gasteiger partial charge in [0.05, 0.1) is 17.7 Å². The molecule has 1 fully saturated rings. The first-order valence-electron chi connectivity index (χ1n) is 9.46. The fourth-order valence-electron chi connectivity index (χ4n) is 3.59. The van der Waals surface area contributed by atoms with Crippen LogP contribution in [0.15, 0.2) is 42.5 Å². The smallest absolute Gasteiger partial charge is 0.255 e. The highest BCUT2D eigenvalue weighted by molar-refractivity contribution is 5.95. The second kappa shape index (κ2) is 8.33. The molecular formula is C22H27N3O2. The fourth-order valence-corrected chi connectivity index (χ4v) is 3.59. The van der Waals surface area contributed by atoms with E-state index in [0.717, 1.165) is 29.8 Å². The van der Waals surface area contributed by atoms with Gasteiger partial charge in [0.15, 0.2) is 0 Å². The maximum absolute atomic E-state index is 12.6. The number of nitrogens with zero attached hydrogens (tertiary/aromatic N) is 3. The molecule has 0 saturated carbocycles. The second-order valence-corrected chi connectivity index (χ2v) is 7.40. The number of amides is 2. The molecule has 2 heterocycles. The standard InChI is InChI=1S/C22H27N3O2/c1-16-9-10-19(22(27)24(2)3)21(23-16)18-11-13-25(14-12-18)20(26)15-17-7-5-4-6-8-17/h4-10,18H,11-15H2,1-3H3. The van der Waals surface area contributed by atoms with Crippen molar-refractivity contribution >= 4 is 11.8 Å². The van der Waals surface area contributed by atoms with Crippen molar-refractivity contribution in [2.45, 2.75) is 32.1 Å². The summed E-state index contributed by atoms with van der Waals surface area (Å²) < 4.78 is 0. The minimum absolute atomic E-state index is 0.0138. The summed E-state index contributed by atoms with van der Waals surface area (Å²) in [4.78, 5) is 33.3. The van der Waals surface area contributed by atoms with Gasteiger partial charge in [0.25, 0.3) is 5.91 Å². The highest BCUT2D eigenvalue weighted by Crippen LogP contribution is 2.30. The predicted octanol–water partition coefficient (Wildman–Crippen LogP) is 3.04. The molecular weight excluding hydrogens is 338 g/mol. The molecule has 0 atom stereocenters. The molecule has 5 nitrogen and oxygen atoms in total. The Balaban J connectivity index is 1.68. The Morgan fingerprint density at radius 1 is 1.07 bits per heavy atom. The van der Waals surface area contributed by atoms with E-state index in [-0.39, 0.29) is 17.7 Å². The largest absolute Gasteiger partial charge is 0.345 e. The minimum atomic E-state index is -0.0138. The molecule has 5 heteroatoms. The molecule has 0 radical (unpaired) electrons. The number of carbonyl (C=O) groups is 2.